The number of halogens is 3. The molecule has 1 aromatic rings. The van der Waals surface area contributed by atoms with E-state index in [4.69, 9.17) is 0 Å². The van der Waals surface area contributed by atoms with Gasteiger partial charge in [0.05, 0.1) is 0 Å². The molecule has 0 saturated carbocycles. The minimum atomic E-state index is -0.385. The van der Waals surface area contributed by atoms with E-state index in [0.717, 1.165) is 17.8 Å². The molecule has 0 aromatic heterocycles. The van der Waals surface area contributed by atoms with Crippen LogP contribution in [0, 0.1) is 11.6 Å². The quantitative estimate of drug-likeness (QED) is 0.722. The van der Waals surface area contributed by atoms with Crippen LogP contribution >= 0.6 is 15.9 Å². The van der Waals surface area contributed by atoms with Gasteiger partial charge in [-0.05, 0) is 35.6 Å². The molecule has 1 aromatic carbocycles. The van der Waals surface area contributed by atoms with Crippen molar-refractivity contribution in [2.45, 2.75) is 25.7 Å². The van der Waals surface area contributed by atoms with E-state index in [1.165, 1.54) is 12.1 Å². The van der Waals surface area contributed by atoms with Crippen molar-refractivity contribution in [1.29, 1.82) is 0 Å². The highest BCUT2D eigenvalue weighted by Crippen LogP contribution is 2.30. The Kier molecular flexibility index (Phi) is 3.65. The third-order valence-electron chi connectivity index (χ3n) is 2.38. The van der Waals surface area contributed by atoms with Gasteiger partial charge in [-0.2, -0.15) is 0 Å². The van der Waals surface area contributed by atoms with Crippen molar-refractivity contribution in [2.75, 3.05) is 5.33 Å². The number of alkyl halides is 1. The number of benzene rings is 1. The van der Waals surface area contributed by atoms with Crippen LogP contribution in [0.1, 0.15) is 25.8 Å². The van der Waals surface area contributed by atoms with Crippen molar-refractivity contribution in [3.05, 3.63) is 35.4 Å². The van der Waals surface area contributed by atoms with Crippen LogP contribution in [0.15, 0.2) is 18.2 Å². The van der Waals surface area contributed by atoms with Crippen LogP contribution < -0.4 is 0 Å². The number of hydrogen-bond acceptors (Lipinski definition) is 0. The molecule has 0 radical (unpaired) electrons. The smallest absolute Gasteiger partial charge is 0.127 e. The van der Waals surface area contributed by atoms with E-state index in [0.29, 0.717) is 5.56 Å². The molecule has 0 nitrogen and oxygen atoms in total. The summed E-state index contributed by atoms with van der Waals surface area (Å²) >= 11 is 3.31. The van der Waals surface area contributed by atoms with E-state index in [-0.39, 0.29) is 17.0 Å². The molecule has 0 N–H and O–H groups in total. The Balaban J connectivity index is 3.10. The molecule has 0 aliphatic carbocycles. The lowest BCUT2D eigenvalue weighted by Crippen LogP contribution is -2.19. The first kappa shape index (κ1) is 11.6. The second kappa shape index (κ2) is 4.39. The van der Waals surface area contributed by atoms with E-state index in [2.05, 4.69) is 15.9 Å². The van der Waals surface area contributed by atoms with E-state index in [1.807, 2.05) is 13.8 Å². The van der Waals surface area contributed by atoms with Gasteiger partial charge in [-0.3, -0.25) is 0 Å². The molecule has 1 rings (SSSR count). The zero-order chi connectivity index (χ0) is 10.8. The standard InChI is InChI=1S/C11H13BrF2/c1-11(2,5-6-12)9-7-8(13)3-4-10(9)14/h3-4,7H,5-6H2,1-2H3. The van der Waals surface area contributed by atoms with Gasteiger partial charge in [0, 0.05) is 5.33 Å². The van der Waals surface area contributed by atoms with E-state index in [1.54, 1.807) is 0 Å². The van der Waals surface area contributed by atoms with Crippen LogP contribution in [0.3, 0.4) is 0 Å². The molecule has 0 amide bonds. The van der Waals surface area contributed by atoms with E-state index in [9.17, 15) is 8.78 Å². The highest BCUT2D eigenvalue weighted by atomic mass is 79.9. The van der Waals surface area contributed by atoms with Gasteiger partial charge in [0.15, 0.2) is 0 Å². The second-order valence-electron chi connectivity index (χ2n) is 3.95. The fourth-order valence-corrected chi connectivity index (χ4v) is 2.38. The molecular weight excluding hydrogens is 250 g/mol. The maximum Gasteiger partial charge on any atom is 0.127 e. The fraction of sp³-hybridized carbons (Fsp3) is 0.455. The van der Waals surface area contributed by atoms with Crippen molar-refractivity contribution in [2.24, 2.45) is 0 Å². The van der Waals surface area contributed by atoms with Crippen molar-refractivity contribution in [3.8, 4) is 0 Å². The Morgan fingerprint density at radius 2 is 1.93 bits per heavy atom. The SMILES string of the molecule is CC(C)(CCBr)c1cc(F)ccc1F. The average molecular weight is 263 g/mol. The average Bonchev–Trinajstić information content (AvgIpc) is 2.09. The van der Waals surface area contributed by atoms with Crippen molar-refractivity contribution >= 4 is 15.9 Å². The van der Waals surface area contributed by atoms with Crippen LogP contribution in [0.25, 0.3) is 0 Å². The summed E-state index contributed by atoms with van der Waals surface area (Å²) in [6.45, 7) is 3.82. The highest BCUT2D eigenvalue weighted by Gasteiger charge is 2.23. The monoisotopic (exact) mass is 262 g/mol. The van der Waals surface area contributed by atoms with Crippen LogP contribution in [0.2, 0.25) is 0 Å². The first-order valence-electron chi connectivity index (χ1n) is 4.49. The third kappa shape index (κ3) is 2.53. The van der Waals surface area contributed by atoms with Crippen molar-refractivity contribution < 1.29 is 8.78 Å². The molecule has 78 valence electrons. The summed E-state index contributed by atoms with van der Waals surface area (Å²) in [5.41, 5.74) is 0.104. The van der Waals surface area contributed by atoms with Gasteiger partial charge < -0.3 is 0 Å². The third-order valence-corrected chi connectivity index (χ3v) is 2.77. The summed E-state index contributed by atoms with van der Waals surface area (Å²) < 4.78 is 26.3. The first-order valence-corrected chi connectivity index (χ1v) is 5.61. The zero-order valence-electron chi connectivity index (χ0n) is 8.28. The lowest BCUT2D eigenvalue weighted by molar-refractivity contribution is 0.467. The van der Waals surface area contributed by atoms with Gasteiger partial charge in [0.2, 0.25) is 0 Å². The molecule has 14 heavy (non-hydrogen) atoms. The summed E-state index contributed by atoms with van der Waals surface area (Å²) in [4.78, 5) is 0. The molecule has 0 bridgehead atoms. The molecule has 0 aliphatic heterocycles. The molecule has 0 unspecified atom stereocenters. The Bertz CT molecular complexity index is 321. The first-order chi connectivity index (χ1) is 6.47. The number of hydrogen-bond donors (Lipinski definition) is 0. The predicted molar refractivity (Wildman–Crippen MR) is 57.8 cm³/mol. The van der Waals surface area contributed by atoms with E-state index < -0.39 is 0 Å². The summed E-state index contributed by atoms with van der Waals surface area (Å²) in [6.07, 6.45) is 0.771. The van der Waals surface area contributed by atoms with Crippen molar-refractivity contribution in [3.63, 3.8) is 0 Å². The normalized spacial score (nSPS) is 11.8. The number of rotatable bonds is 3. The Morgan fingerprint density at radius 1 is 1.29 bits per heavy atom. The summed E-state index contributed by atoms with van der Waals surface area (Å²) in [5, 5.41) is 0.774. The molecule has 3 heteroatoms. The Hall–Kier alpha value is -0.440. The van der Waals surface area contributed by atoms with Gasteiger partial charge in [-0.15, -0.1) is 0 Å². The largest absolute Gasteiger partial charge is 0.207 e. The zero-order valence-corrected chi connectivity index (χ0v) is 9.87. The van der Waals surface area contributed by atoms with Gasteiger partial charge in [0.25, 0.3) is 0 Å². The van der Waals surface area contributed by atoms with Gasteiger partial charge in [0.1, 0.15) is 11.6 Å². The Morgan fingerprint density at radius 3 is 2.50 bits per heavy atom. The summed E-state index contributed by atoms with van der Waals surface area (Å²) in [6, 6.07) is 3.60. The fourth-order valence-electron chi connectivity index (χ4n) is 1.39. The van der Waals surface area contributed by atoms with Gasteiger partial charge in [-0.25, -0.2) is 8.78 Å². The maximum atomic E-state index is 13.4. The second-order valence-corrected chi connectivity index (χ2v) is 4.74. The minimum absolute atomic E-state index is 0.336. The van der Waals surface area contributed by atoms with Crippen LogP contribution in [-0.2, 0) is 5.41 Å². The molecule has 0 fully saturated rings. The molecule has 0 aliphatic rings. The lowest BCUT2D eigenvalue weighted by Gasteiger charge is -2.24. The molecule has 0 heterocycles. The van der Waals surface area contributed by atoms with Crippen LogP contribution in [0.5, 0.6) is 0 Å². The molecular formula is C11H13BrF2. The molecule has 0 atom stereocenters. The summed E-state index contributed by atoms with van der Waals surface area (Å²) in [7, 11) is 0. The van der Waals surface area contributed by atoms with Gasteiger partial charge in [-0.1, -0.05) is 29.8 Å². The summed E-state index contributed by atoms with van der Waals surface area (Å²) in [5.74, 6) is -0.721. The minimum Gasteiger partial charge on any atom is -0.207 e. The lowest BCUT2D eigenvalue weighted by atomic mass is 9.82. The van der Waals surface area contributed by atoms with Crippen molar-refractivity contribution in [1.82, 2.24) is 0 Å². The highest BCUT2D eigenvalue weighted by molar-refractivity contribution is 9.09. The predicted octanol–water partition coefficient (Wildman–Crippen LogP) is 4.03. The topological polar surface area (TPSA) is 0 Å². The molecule has 0 saturated heterocycles. The van der Waals surface area contributed by atoms with Gasteiger partial charge >= 0.3 is 0 Å². The maximum absolute atomic E-state index is 13.4. The van der Waals surface area contributed by atoms with Crippen LogP contribution in [-0.4, -0.2) is 5.33 Å². The van der Waals surface area contributed by atoms with E-state index >= 15 is 0 Å². The Labute approximate surface area is 91.5 Å². The van der Waals surface area contributed by atoms with Crippen LogP contribution in [0.4, 0.5) is 8.78 Å². The molecule has 0 spiro atoms.